The number of rotatable bonds is 3. The average molecular weight is 262 g/mol. The summed E-state index contributed by atoms with van der Waals surface area (Å²) in [5.41, 5.74) is 0.989. The molecular weight excluding hydrogens is 250 g/mol. The molecule has 1 aliphatic rings. The molecule has 0 bridgehead atoms. The fourth-order valence-corrected chi connectivity index (χ4v) is 2.05. The van der Waals surface area contributed by atoms with Crippen molar-refractivity contribution in [3.8, 4) is 0 Å². The van der Waals surface area contributed by atoms with Crippen LogP contribution in [0.5, 0.6) is 0 Å². The number of carbonyl (C=O) groups excluding carboxylic acids is 1. The van der Waals surface area contributed by atoms with Crippen LogP contribution in [-0.2, 0) is 4.74 Å². The number of fused-ring (bicyclic) bond motifs is 1. The molecule has 0 spiro atoms. The van der Waals surface area contributed by atoms with Crippen molar-refractivity contribution in [2.45, 2.75) is 12.8 Å². The number of nitrogens with zero attached hydrogens (tertiary/aromatic N) is 1. The van der Waals surface area contributed by atoms with Crippen LogP contribution in [0.2, 0.25) is 5.02 Å². The lowest BCUT2D eigenvalue weighted by molar-refractivity contribution is 0.0479. The first-order valence-electron chi connectivity index (χ1n) is 5.96. The highest BCUT2D eigenvalue weighted by Gasteiger charge is 2.23. The number of esters is 1. The van der Waals surface area contributed by atoms with E-state index in [1.165, 1.54) is 0 Å². The second kappa shape index (κ2) is 4.58. The number of para-hydroxylation sites is 1. The summed E-state index contributed by atoms with van der Waals surface area (Å²) in [6, 6.07) is 9.04. The van der Waals surface area contributed by atoms with Crippen LogP contribution in [0.4, 0.5) is 0 Å². The van der Waals surface area contributed by atoms with Gasteiger partial charge in [0.25, 0.3) is 0 Å². The molecule has 2 aromatic rings. The van der Waals surface area contributed by atoms with Gasteiger partial charge in [-0.25, -0.2) is 9.78 Å². The first-order chi connectivity index (χ1) is 8.74. The number of aromatic nitrogens is 1. The van der Waals surface area contributed by atoms with Crippen LogP contribution in [0.15, 0.2) is 30.3 Å². The Morgan fingerprint density at radius 1 is 1.39 bits per heavy atom. The lowest BCUT2D eigenvalue weighted by Crippen LogP contribution is -2.09. The molecule has 92 valence electrons. The maximum Gasteiger partial charge on any atom is 0.357 e. The smallest absolute Gasteiger partial charge is 0.357 e. The van der Waals surface area contributed by atoms with Crippen LogP contribution >= 0.6 is 11.6 Å². The van der Waals surface area contributed by atoms with Crippen molar-refractivity contribution in [2.24, 2.45) is 5.92 Å². The number of hydrogen-bond acceptors (Lipinski definition) is 3. The zero-order chi connectivity index (χ0) is 12.5. The molecular formula is C14H12ClNO2. The standard InChI is InChI=1S/C14H12ClNO2/c15-11-7-13(14(17)18-8-9-5-6-9)16-12-4-2-1-3-10(11)12/h1-4,7,9H,5-6,8H2. The van der Waals surface area contributed by atoms with Crippen LogP contribution in [-0.4, -0.2) is 17.6 Å². The lowest BCUT2D eigenvalue weighted by Gasteiger charge is -2.05. The maximum absolute atomic E-state index is 11.8. The third-order valence-electron chi connectivity index (χ3n) is 3.02. The van der Waals surface area contributed by atoms with Crippen molar-refractivity contribution >= 4 is 28.5 Å². The molecule has 1 saturated carbocycles. The molecule has 0 radical (unpaired) electrons. The summed E-state index contributed by atoms with van der Waals surface area (Å²) in [4.78, 5) is 16.1. The predicted octanol–water partition coefficient (Wildman–Crippen LogP) is 3.46. The molecule has 0 saturated heterocycles. The molecule has 1 aliphatic carbocycles. The summed E-state index contributed by atoms with van der Waals surface area (Å²) < 4.78 is 5.20. The molecule has 3 rings (SSSR count). The molecule has 0 N–H and O–H groups in total. The van der Waals surface area contributed by atoms with E-state index in [1.54, 1.807) is 6.07 Å². The Kier molecular flexibility index (Phi) is 2.92. The van der Waals surface area contributed by atoms with Crippen LogP contribution in [0.25, 0.3) is 10.9 Å². The van der Waals surface area contributed by atoms with Gasteiger partial charge < -0.3 is 4.74 Å². The Hall–Kier alpha value is -1.61. The molecule has 0 aliphatic heterocycles. The first kappa shape index (κ1) is 11.5. The third kappa shape index (κ3) is 2.31. The largest absolute Gasteiger partial charge is 0.461 e. The van der Waals surface area contributed by atoms with E-state index in [0.29, 0.717) is 23.1 Å². The molecule has 1 aromatic heterocycles. The number of benzene rings is 1. The molecule has 0 unspecified atom stereocenters. The van der Waals surface area contributed by atoms with Gasteiger partial charge in [0.1, 0.15) is 0 Å². The summed E-state index contributed by atoms with van der Waals surface area (Å²) in [6.45, 7) is 0.491. The molecule has 3 nitrogen and oxygen atoms in total. The van der Waals surface area contributed by atoms with E-state index < -0.39 is 5.97 Å². The molecule has 18 heavy (non-hydrogen) atoms. The monoisotopic (exact) mass is 261 g/mol. The third-order valence-corrected chi connectivity index (χ3v) is 3.33. The van der Waals surface area contributed by atoms with Crippen molar-refractivity contribution < 1.29 is 9.53 Å². The first-order valence-corrected chi connectivity index (χ1v) is 6.34. The summed E-state index contributed by atoms with van der Waals surface area (Å²) in [7, 11) is 0. The highest BCUT2D eigenvalue weighted by atomic mass is 35.5. The van der Waals surface area contributed by atoms with Crippen molar-refractivity contribution in [1.29, 1.82) is 0 Å². The van der Waals surface area contributed by atoms with Gasteiger partial charge >= 0.3 is 5.97 Å². The highest BCUT2D eigenvalue weighted by Crippen LogP contribution is 2.29. The summed E-state index contributed by atoms with van der Waals surface area (Å²) in [6.07, 6.45) is 2.30. The van der Waals surface area contributed by atoms with E-state index >= 15 is 0 Å². The number of hydrogen-bond donors (Lipinski definition) is 0. The number of carbonyl (C=O) groups is 1. The Bertz CT molecular complexity index is 608. The second-order valence-corrected chi connectivity index (χ2v) is 4.96. The average Bonchev–Trinajstić information content (AvgIpc) is 3.20. The molecule has 0 atom stereocenters. The summed E-state index contributed by atoms with van der Waals surface area (Å²) >= 11 is 6.13. The predicted molar refractivity (Wildman–Crippen MR) is 69.8 cm³/mol. The van der Waals surface area contributed by atoms with Crippen LogP contribution in [0, 0.1) is 5.92 Å². The Labute approximate surface area is 110 Å². The van der Waals surface area contributed by atoms with Crippen LogP contribution in [0.1, 0.15) is 23.3 Å². The van der Waals surface area contributed by atoms with E-state index in [0.717, 1.165) is 18.2 Å². The van der Waals surface area contributed by atoms with Gasteiger partial charge in [0.05, 0.1) is 17.1 Å². The van der Waals surface area contributed by atoms with Gasteiger partial charge in [-0.2, -0.15) is 0 Å². The van der Waals surface area contributed by atoms with Crippen molar-refractivity contribution in [3.05, 3.63) is 41.0 Å². The second-order valence-electron chi connectivity index (χ2n) is 4.55. The zero-order valence-electron chi connectivity index (χ0n) is 9.73. The number of pyridine rings is 1. The van der Waals surface area contributed by atoms with Crippen LogP contribution < -0.4 is 0 Å². The zero-order valence-corrected chi connectivity index (χ0v) is 10.5. The van der Waals surface area contributed by atoms with Crippen molar-refractivity contribution in [2.75, 3.05) is 6.61 Å². The molecule has 1 heterocycles. The van der Waals surface area contributed by atoms with Crippen LogP contribution in [0.3, 0.4) is 0 Å². The minimum Gasteiger partial charge on any atom is -0.461 e. The van der Waals surface area contributed by atoms with E-state index in [4.69, 9.17) is 16.3 Å². The van der Waals surface area contributed by atoms with E-state index in [2.05, 4.69) is 4.98 Å². The van der Waals surface area contributed by atoms with Crippen molar-refractivity contribution in [3.63, 3.8) is 0 Å². The van der Waals surface area contributed by atoms with E-state index in [-0.39, 0.29) is 5.69 Å². The molecule has 4 heteroatoms. The fourth-order valence-electron chi connectivity index (χ4n) is 1.79. The van der Waals surface area contributed by atoms with Gasteiger partial charge in [-0.05, 0) is 30.9 Å². The van der Waals surface area contributed by atoms with Gasteiger partial charge in [-0.15, -0.1) is 0 Å². The maximum atomic E-state index is 11.8. The van der Waals surface area contributed by atoms with Gasteiger partial charge in [-0.1, -0.05) is 29.8 Å². The lowest BCUT2D eigenvalue weighted by atomic mass is 10.2. The van der Waals surface area contributed by atoms with Crippen molar-refractivity contribution in [1.82, 2.24) is 4.98 Å². The molecule has 1 fully saturated rings. The Balaban J connectivity index is 1.88. The van der Waals surface area contributed by atoms with E-state index in [1.807, 2.05) is 24.3 Å². The minimum absolute atomic E-state index is 0.277. The Morgan fingerprint density at radius 3 is 2.94 bits per heavy atom. The topological polar surface area (TPSA) is 39.2 Å². The van der Waals surface area contributed by atoms with E-state index in [9.17, 15) is 4.79 Å². The molecule has 1 aromatic carbocycles. The fraction of sp³-hybridized carbons (Fsp3) is 0.286. The summed E-state index contributed by atoms with van der Waals surface area (Å²) in [5.74, 6) is 0.152. The van der Waals surface area contributed by atoms with Gasteiger partial charge in [0.15, 0.2) is 5.69 Å². The number of halogens is 1. The molecule has 0 amide bonds. The highest BCUT2D eigenvalue weighted by molar-refractivity contribution is 6.35. The quantitative estimate of drug-likeness (QED) is 0.795. The minimum atomic E-state index is -0.394. The van der Waals surface area contributed by atoms with Gasteiger partial charge in [0, 0.05) is 5.39 Å². The van der Waals surface area contributed by atoms with Gasteiger partial charge in [0.2, 0.25) is 0 Å². The normalized spacial score (nSPS) is 14.7. The van der Waals surface area contributed by atoms with Gasteiger partial charge in [-0.3, -0.25) is 0 Å². The SMILES string of the molecule is O=C(OCC1CC1)c1cc(Cl)c2ccccc2n1. The Morgan fingerprint density at radius 2 is 2.17 bits per heavy atom. The summed E-state index contributed by atoms with van der Waals surface area (Å²) in [5, 5.41) is 1.37. The number of ether oxygens (including phenoxy) is 1.